The van der Waals surface area contributed by atoms with E-state index in [1.165, 1.54) is 25.0 Å². The lowest BCUT2D eigenvalue weighted by Crippen LogP contribution is -2.00. The molecule has 0 aromatic heterocycles. The Morgan fingerprint density at radius 1 is 1.00 bits per heavy atom. The van der Waals surface area contributed by atoms with Crippen LogP contribution < -0.4 is 0 Å². The molecule has 0 aliphatic rings. The second-order valence-electron chi connectivity index (χ2n) is 5.73. The summed E-state index contributed by atoms with van der Waals surface area (Å²) >= 11 is 0. The zero-order chi connectivity index (χ0) is 16.2. The summed E-state index contributed by atoms with van der Waals surface area (Å²) in [6.07, 6.45) is 8.23. The average Bonchev–Trinajstić information content (AvgIpc) is 2.49. The second-order valence-corrected chi connectivity index (χ2v) is 5.73. The Labute approximate surface area is 133 Å². The quantitative estimate of drug-likeness (QED) is 0.286. The van der Waals surface area contributed by atoms with Crippen molar-refractivity contribution < 1.29 is 9.18 Å². The highest BCUT2D eigenvalue weighted by Gasteiger charge is 2.05. The van der Waals surface area contributed by atoms with Crippen LogP contribution in [0.1, 0.15) is 61.7 Å². The molecule has 0 saturated carbocycles. The third-order valence-corrected chi connectivity index (χ3v) is 3.42. The van der Waals surface area contributed by atoms with Gasteiger partial charge in [-0.1, -0.05) is 31.6 Å². The Balaban J connectivity index is 2.01. The molecule has 0 unspecified atom stereocenters. The van der Waals surface area contributed by atoms with Gasteiger partial charge in [-0.25, -0.2) is 4.39 Å². The SMILES string of the molecule is CN(C)C#CCCCCCCCCC(=O)c1ccc(F)cc1. The number of unbranched alkanes of at least 4 members (excludes halogenated alkanes) is 6. The van der Waals surface area contributed by atoms with Crippen LogP contribution in [0.3, 0.4) is 0 Å². The van der Waals surface area contributed by atoms with E-state index in [1.807, 2.05) is 19.0 Å². The summed E-state index contributed by atoms with van der Waals surface area (Å²) in [4.78, 5) is 13.7. The Morgan fingerprint density at radius 3 is 2.23 bits per heavy atom. The van der Waals surface area contributed by atoms with Crippen molar-refractivity contribution in [2.75, 3.05) is 14.1 Å². The standard InChI is InChI=1S/C19H26FNO/c1-21(2)16-10-8-6-4-3-5-7-9-11-19(22)17-12-14-18(20)15-13-17/h12-15H,3-9,11H2,1-2H3. The minimum Gasteiger partial charge on any atom is -0.339 e. The zero-order valence-electron chi connectivity index (χ0n) is 13.7. The van der Waals surface area contributed by atoms with Gasteiger partial charge in [0.15, 0.2) is 5.78 Å². The molecule has 0 fully saturated rings. The van der Waals surface area contributed by atoms with Gasteiger partial charge in [0.1, 0.15) is 5.82 Å². The Hall–Kier alpha value is -1.82. The average molecular weight is 303 g/mol. The van der Waals surface area contributed by atoms with Gasteiger partial charge in [0, 0.05) is 38.5 Å². The first-order valence-corrected chi connectivity index (χ1v) is 8.04. The van der Waals surface area contributed by atoms with Crippen LogP contribution in [0.4, 0.5) is 4.39 Å². The Bertz CT molecular complexity index is 496. The number of Topliss-reactive ketones (excluding diaryl/α,β-unsaturated/α-hetero) is 1. The summed E-state index contributed by atoms with van der Waals surface area (Å²) in [7, 11) is 3.89. The molecule has 1 aromatic carbocycles. The van der Waals surface area contributed by atoms with Crippen LogP contribution in [-0.4, -0.2) is 24.8 Å². The van der Waals surface area contributed by atoms with Crippen molar-refractivity contribution in [2.24, 2.45) is 0 Å². The van der Waals surface area contributed by atoms with E-state index in [-0.39, 0.29) is 11.6 Å². The molecular formula is C19H26FNO. The summed E-state index contributed by atoms with van der Waals surface area (Å²) in [6, 6.07) is 8.81. The van der Waals surface area contributed by atoms with Gasteiger partial charge in [-0.15, -0.1) is 0 Å². The summed E-state index contributed by atoms with van der Waals surface area (Å²) in [6.45, 7) is 0. The molecule has 0 N–H and O–H groups in total. The van der Waals surface area contributed by atoms with E-state index in [2.05, 4.69) is 12.0 Å². The minimum absolute atomic E-state index is 0.110. The fourth-order valence-corrected chi connectivity index (χ4v) is 2.20. The van der Waals surface area contributed by atoms with Crippen molar-refractivity contribution in [3.63, 3.8) is 0 Å². The van der Waals surface area contributed by atoms with E-state index in [4.69, 9.17) is 0 Å². The fourth-order valence-electron chi connectivity index (χ4n) is 2.20. The van der Waals surface area contributed by atoms with Crippen LogP contribution in [0.5, 0.6) is 0 Å². The largest absolute Gasteiger partial charge is 0.339 e. The van der Waals surface area contributed by atoms with Gasteiger partial charge in [-0.3, -0.25) is 4.79 Å². The number of halogens is 1. The number of benzene rings is 1. The Kier molecular flexibility index (Phi) is 8.98. The molecule has 1 rings (SSSR count). The van der Waals surface area contributed by atoms with Gasteiger partial charge in [0.25, 0.3) is 0 Å². The Morgan fingerprint density at radius 2 is 1.59 bits per heavy atom. The maximum atomic E-state index is 12.8. The van der Waals surface area contributed by atoms with Crippen LogP contribution >= 0.6 is 0 Å². The maximum absolute atomic E-state index is 12.8. The smallest absolute Gasteiger partial charge is 0.162 e. The van der Waals surface area contributed by atoms with E-state index >= 15 is 0 Å². The lowest BCUT2D eigenvalue weighted by molar-refractivity contribution is 0.0979. The number of hydrogen-bond donors (Lipinski definition) is 0. The highest BCUT2D eigenvalue weighted by molar-refractivity contribution is 5.95. The van der Waals surface area contributed by atoms with Crippen molar-refractivity contribution in [2.45, 2.75) is 51.4 Å². The van der Waals surface area contributed by atoms with Gasteiger partial charge >= 0.3 is 0 Å². The normalized spacial score (nSPS) is 9.95. The second kappa shape index (κ2) is 10.8. The number of hydrogen-bond acceptors (Lipinski definition) is 2. The van der Waals surface area contributed by atoms with E-state index in [1.54, 1.807) is 12.1 Å². The van der Waals surface area contributed by atoms with Crippen LogP contribution in [0.2, 0.25) is 0 Å². The van der Waals surface area contributed by atoms with E-state index in [0.717, 1.165) is 32.1 Å². The highest BCUT2D eigenvalue weighted by Crippen LogP contribution is 2.12. The van der Waals surface area contributed by atoms with Crippen LogP contribution in [-0.2, 0) is 0 Å². The molecule has 0 radical (unpaired) electrons. The predicted molar refractivity (Wildman–Crippen MR) is 89.1 cm³/mol. The molecule has 0 bridgehead atoms. The molecule has 0 aliphatic carbocycles. The van der Waals surface area contributed by atoms with Crippen molar-refractivity contribution >= 4 is 5.78 Å². The summed E-state index contributed by atoms with van der Waals surface area (Å²) in [5, 5.41) is 0. The van der Waals surface area contributed by atoms with Gasteiger partial charge in [0.05, 0.1) is 0 Å². The fraction of sp³-hybridized carbons (Fsp3) is 0.526. The molecule has 0 atom stereocenters. The maximum Gasteiger partial charge on any atom is 0.162 e. The first-order chi connectivity index (χ1) is 10.6. The number of carbonyl (C=O) groups excluding carboxylic acids is 1. The molecule has 1 aromatic rings. The molecule has 0 saturated heterocycles. The van der Waals surface area contributed by atoms with Crippen molar-refractivity contribution in [3.05, 3.63) is 35.6 Å². The molecule has 0 amide bonds. The first-order valence-electron chi connectivity index (χ1n) is 8.04. The summed E-state index contributed by atoms with van der Waals surface area (Å²) in [5.41, 5.74) is 0.612. The topological polar surface area (TPSA) is 20.3 Å². The van der Waals surface area contributed by atoms with Crippen molar-refractivity contribution in [1.29, 1.82) is 0 Å². The molecule has 22 heavy (non-hydrogen) atoms. The van der Waals surface area contributed by atoms with E-state index in [9.17, 15) is 9.18 Å². The van der Waals surface area contributed by atoms with Gasteiger partial charge in [-0.05, 0) is 37.1 Å². The zero-order valence-corrected chi connectivity index (χ0v) is 13.7. The molecular weight excluding hydrogens is 277 g/mol. The number of ketones is 1. The molecule has 0 aliphatic heterocycles. The number of rotatable bonds is 9. The summed E-state index contributed by atoms with van der Waals surface area (Å²) in [5.74, 6) is 2.94. The molecule has 120 valence electrons. The van der Waals surface area contributed by atoms with Crippen LogP contribution in [0.15, 0.2) is 24.3 Å². The van der Waals surface area contributed by atoms with Crippen molar-refractivity contribution in [3.8, 4) is 12.0 Å². The highest BCUT2D eigenvalue weighted by atomic mass is 19.1. The predicted octanol–water partition coefficient (Wildman–Crippen LogP) is 4.65. The number of carbonyl (C=O) groups is 1. The summed E-state index contributed by atoms with van der Waals surface area (Å²) < 4.78 is 12.8. The van der Waals surface area contributed by atoms with Gasteiger partial charge in [-0.2, -0.15) is 0 Å². The van der Waals surface area contributed by atoms with Gasteiger partial charge < -0.3 is 4.90 Å². The minimum atomic E-state index is -0.299. The van der Waals surface area contributed by atoms with E-state index in [0.29, 0.717) is 12.0 Å². The molecule has 2 nitrogen and oxygen atoms in total. The van der Waals surface area contributed by atoms with Crippen molar-refractivity contribution in [1.82, 2.24) is 4.90 Å². The lowest BCUT2D eigenvalue weighted by Gasteiger charge is -2.02. The first kappa shape index (κ1) is 18.2. The van der Waals surface area contributed by atoms with E-state index < -0.39 is 0 Å². The number of nitrogens with zero attached hydrogens (tertiary/aromatic N) is 1. The third-order valence-electron chi connectivity index (χ3n) is 3.42. The van der Waals surface area contributed by atoms with Crippen LogP contribution in [0.25, 0.3) is 0 Å². The van der Waals surface area contributed by atoms with Crippen LogP contribution in [0, 0.1) is 17.8 Å². The monoisotopic (exact) mass is 303 g/mol. The molecule has 0 heterocycles. The van der Waals surface area contributed by atoms with Gasteiger partial charge in [0.2, 0.25) is 0 Å². The third kappa shape index (κ3) is 8.46. The molecule has 0 spiro atoms. The lowest BCUT2D eigenvalue weighted by atomic mass is 10.0. The molecule has 3 heteroatoms.